The van der Waals surface area contributed by atoms with Crippen LogP contribution < -0.4 is 5.32 Å². The summed E-state index contributed by atoms with van der Waals surface area (Å²) in [5.41, 5.74) is 1.41. The highest BCUT2D eigenvalue weighted by molar-refractivity contribution is 5.44. The average Bonchev–Trinajstić information content (AvgIpc) is 2.81. The smallest absolute Gasteiger partial charge is 0.213 e. The maximum absolute atomic E-state index is 8.82. The number of nitrogens with zero attached hydrogens (tertiary/aromatic N) is 4. The molecule has 0 unspecified atom stereocenters. The molecule has 0 fully saturated rings. The molecule has 17 heavy (non-hydrogen) atoms. The molecule has 86 valence electrons. The number of hydrogen-bond donors (Lipinski definition) is 1. The minimum absolute atomic E-state index is 0.597. The van der Waals surface area contributed by atoms with Crippen molar-refractivity contribution in [3.8, 4) is 6.07 Å². The average molecular weight is 229 g/mol. The van der Waals surface area contributed by atoms with Crippen molar-refractivity contribution in [2.75, 3.05) is 11.9 Å². The molecule has 0 saturated carbocycles. The predicted molar refractivity (Wildman–Crippen MR) is 60.2 cm³/mol. The topological polar surface area (TPSA) is 87.6 Å². The lowest BCUT2D eigenvalue weighted by molar-refractivity contribution is 0.410. The van der Waals surface area contributed by atoms with E-state index in [-0.39, 0.29) is 0 Å². The molecule has 0 bridgehead atoms. The van der Waals surface area contributed by atoms with Crippen LogP contribution in [0, 0.1) is 18.3 Å². The molecular formula is C11H11N5O. The fourth-order valence-electron chi connectivity index (χ4n) is 1.43. The van der Waals surface area contributed by atoms with Crippen LogP contribution in [0.4, 0.5) is 5.82 Å². The molecule has 2 aromatic rings. The summed E-state index contributed by atoms with van der Waals surface area (Å²) < 4.78 is 4.63. The molecule has 0 aliphatic carbocycles. The molecule has 0 amide bonds. The highest BCUT2D eigenvalue weighted by Gasteiger charge is 2.01. The minimum Gasteiger partial charge on any atom is -0.370 e. The first-order valence-corrected chi connectivity index (χ1v) is 5.16. The van der Waals surface area contributed by atoms with Crippen LogP contribution in [0.5, 0.6) is 0 Å². The van der Waals surface area contributed by atoms with Gasteiger partial charge >= 0.3 is 0 Å². The lowest BCUT2D eigenvalue weighted by Crippen LogP contribution is -2.07. The number of hydrogen-bond acceptors (Lipinski definition) is 6. The van der Waals surface area contributed by atoms with E-state index >= 15 is 0 Å². The minimum atomic E-state index is 0.597. The summed E-state index contributed by atoms with van der Waals surface area (Å²) >= 11 is 0. The monoisotopic (exact) mass is 229 g/mol. The second-order valence-corrected chi connectivity index (χ2v) is 3.52. The van der Waals surface area contributed by atoms with Crippen molar-refractivity contribution in [3.05, 3.63) is 35.6 Å². The van der Waals surface area contributed by atoms with Crippen LogP contribution in [0.25, 0.3) is 0 Å². The Bertz CT molecular complexity index is 529. The van der Waals surface area contributed by atoms with Gasteiger partial charge in [-0.3, -0.25) is 0 Å². The van der Waals surface area contributed by atoms with E-state index in [1.165, 1.54) is 6.39 Å². The van der Waals surface area contributed by atoms with Gasteiger partial charge in [0.2, 0.25) is 6.39 Å². The molecule has 2 aromatic heterocycles. The summed E-state index contributed by atoms with van der Waals surface area (Å²) in [4.78, 5) is 8.18. The zero-order valence-electron chi connectivity index (χ0n) is 9.34. The van der Waals surface area contributed by atoms with Crippen molar-refractivity contribution >= 4 is 5.82 Å². The van der Waals surface area contributed by atoms with Crippen molar-refractivity contribution < 1.29 is 4.52 Å². The van der Waals surface area contributed by atoms with Gasteiger partial charge < -0.3 is 9.84 Å². The van der Waals surface area contributed by atoms with E-state index < -0.39 is 0 Å². The quantitative estimate of drug-likeness (QED) is 0.850. The number of nitrogens with one attached hydrogen (secondary N) is 1. The van der Waals surface area contributed by atoms with Gasteiger partial charge in [0.15, 0.2) is 5.82 Å². The Morgan fingerprint density at radius 2 is 2.35 bits per heavy atom. The van der Waals surface area contributed by atoms with Crippen LogP contribution in [0.15, 0.2) is 23.0 Å². The standard InChI is InChI=1S/C11H11N5O/c1-8-4-9(6-12)5-11(15-8)13-3-2-10-14-7-17-16-10/h4-5,7H,2-3H2,1H3,(H,13,15). The van der Waals surface area contributed by atoms with E-state index in [0.29, 0.717) is 30.2 Å². The van der Waals surface area contributed by atoms with Crippen LogP contribution >= 0.6 is 0 Å². The third-order valence-electron chi connectivity index (χ3n) is 2.14. The van der Waals surface area contributed by atoms with Gasteiger partial charge in [-0.25, -0.2) is 4.98 Å². The number of rotatable bonds is 4. The van der Waals surface area contributed by atoms with Crippen LogP contribution in [-0.4, -0.2) is 21.7 Å². The predicted octanol–water partition coefficient (Wildman–Crippen LogP) is 1.30. The van der Waals surface area contributed by atoms with Gasteiger partial charge in [0, 0.05) is 18.7 Å². The van der Waals surface area contributed by atoms with Crippen LogP contribution in [-0.2, 0) is 6.42 Å². The van der Waals surface area contributed by atoms with E-state index in [4.69, 9.17) is 5.26 Å². The first-order valence-electron chi connectivity index (χ1n) is 5.16. The second kappa shape index (κ2) is 5.07. The summed E-state index contributed by atoms with van der Waals surface area (Å²) in [6.07, 6.45) is 1.95. The van der Waals surface area contributed by atoms with E-state index in [0.717, 1.165) is 5.69 Å². The largest absolute Gasteiger partial charge is 0.370 e. The van der Waals surface area contributed by atoms with Crippen molar-refractivity contribution in [2.45, 2.75) is 13.3 Å². The summed E-state index contributed by atoms with van der Waals surface area (Å²) in [6.45, 7) is 2.49. The molecule has 0 aromatic carbocycles. The van der Waals surface area contributed by atoms with Gasteiger partial charge in [0.25, 0.3) is 0 Å². The Kier molecular flexibility index (Phi) is 3.31. The molecule has 0 aliphatic rings. The summed E-state index contributed by atoms with van der Waals surface area (Å²) in [5, 5.41) is 15.6. The van der Waals surface area contributed by atoms with Gasteiger partial charge in [-0.1, -0.05) is 5.16 Å². The molecule has 0 aliphatic heterocycles. The van der Waals surface area contributed by atoms with Crippen molar-refractivity contribution in [3.63, 3.8) is 0 Å². The van der Waals surface area contributed by atoms with E-state index in [1.807, 2.05) is 6.92 Å². The van der Waals surface area contributed by atoms with Crippen molar-refractivity contribution in [2.24, 2.45) is 0 Å². The summed E-state index contributed by atoms with van der Waals surface area (Å²) in [5.74, 6) is 1.33. The summed E-state index contributed by atoms with van der Waals surface area (Å²) in [6, 6.07) is 5.54. The maximum Gasteiger partial charge on any atom is 0.213 e. The Labute approximate surface area is 98.3 Å². The molecule has 0 atom stereocenters. The molecule has 1 N–H and O–H groups in total. The number of anilines is 1. The van der Waals surface area contributed by atoms with Gasteiger partial charge in [0.05, 0.1) is 11.6 Å². The van der Waals surface area contributed by atoms with Crippen LogP contribution in [0.3, 0.4) is 0 Å². The Balaban J connectivity index is 1.95. The lowest BCUT2D eigenvalue weighted by atomic mass is 10.2. The van der Waals surface area contributed by atoms with Gasteiger partial charge in [-0.05, 0) is 19.1 Å². The van der Waals surface area contributed by atoms with Gasteiger partial charge in [-0.15, -0.1) is 0 Å². The van der Waals surface area contributed by atoms with E-state index in [1.54, 1.807) is 12.1 Å². The molecule has 2 heterocycles. The molecule has 2 rings (SSSR count). The maximum atomic E-state index is 8.82. The zero-order chi connectivity index (χ0) is 12.1. The Morgan fingerprint density at radius 3 is 3.06 bits per heavy atom. The first kappa shape index (κ1) is 11.1. The van der Waals surface area contributed by atoms with Gasteiger partial charge in [-0.2, -0.15) is 10.2 Å². The van der Waals surface area contributed by atoms with Gasteiger partial charge in [0.1, 0.15) is 5.82 Å². The van der Waals surface area contributed by atoms with E-state index in [9.17, 15) is 0 Å². The van der Waals surface area contributed by atoms with Crippen molar-refractivity contribution in [1.82, 2.24) is 15.1 Å². The van der Waals surface area contributed by atoms with Crippen molar-refractivity contribution in [1.29, 1.82) is 5.26 Å². The van der Waals surface area contributed by atoms with E-state index in [2.05, 4.69) is 31.0 Å². The fraction of sp³-hybridized carbons (Fsp3) is 0.273. The normalized spacial score (nSPS) is 9.88. The first-order chi connectivity index (χ1) is 8.28. The highest BCUT2D eigenvalue weighted by atomic mass is 16.5. The lowest BCUT2D eigenvalue weighted by Gasteiger charge is -2.05. The van der Waals surface area contributed by atoms with Crippen LogP contribution in [0.2, 0.25) is 0 Å². The SMILES string of the molecule is Cc1cc(C#N)cc(NCCc2ncon2)n1. The molecule has 0 spiro atoms. The Morgan fingerprint density at radius 1 is 1.47 bits per heavy atom. The molecule has 0 saturated heterocycles. The number of nitriles is 1. The number of aromatic nitrogens is 3. The number of pyridine rings is 1. The van der Waals surface area contributed by atoms with Crippen LogP contribution in [0.1, 0.15) is 17.1 Å². The third-order valence-corrected chi connectivity index (χ3v) is 2.14. The fourth-order valence-corrected chi connectivity index (χ4v) is 1.43. The zero-order valence-corrected chi connectivity index (χ0v) is 9.34. The molecule has 6 heteroatoms. The second-order valence-electron chi connectivity index (χ2n) is 3.52. The highest BCUT2D eigenvalue weighted by Crippen LogP contribution is 2.09. The molecule has 0 radical (unpaired) electrons. The summed E-state index contributed by atoms with van der Waals surface area (Å²) in [7, 11) is 0. The molecule has 6 nitrogen and oxygen atoms in total. The number of aryl methyl sites for hydroxylation is 1. The third kappa shape index (κ3) is 3.01. The molecular weight excluding hydrogens is 218 g/mol. The Hall–Kier alpha value is -2.42.